The van der Waals surface area contributed by atoms with E-state index in [0.717, 1.165) is 22.9 Å². The summed E-state index contributed by atoms with van der Waals surface area (Å²) in [4.78, 5) is 0. The van der Waals surface area contributed by atoms with Crippen LogP contribution in [0.1, 0.15) is 22.5 Å². The molecule has 1 atom stereocenters. The molecule has 1 aliphatic heterocycles. The molecule has 84 valence electrons. The van der Waals surface area contributed by atoms with Crippen molar-refractivity contribution in [3.05, 3.63) is 10.0 Å². The van der Waals surface area contributed by atoms with Crippen LogP contribution in [-0.2, 0) is 15.9 Å². The lowest BCUT2D eigenvalue weighted by Gasteiger charge is -2.20. The fraction of sp³-hybridized carbons (Fsp3) is 0.778. The van der Waals surface area contributed by atoms with Crippen LogP contribution in [0.25, 0.3) is 0 Å². The lowest BCUT2D eigenvalue weighted by atomic mass is 10.3. The van der Waals surface area contributed by atoms with Gasteiger partial charge in [0.25, 0.3) is 0 Å². The average Bonchev–Trinajstić information content (AvgIpc) is 2.76. The van der Waals surface area contributed by atoms with Crippen molar-refractivity contribution in [3.63, 3.8) is 0 Å². The second-order valence-corrected chi connectivity index (χ2v) is 4.45. The van der Waals surface area contributed by atoms with Crippen molar-refractivity contribution in [2.45, 2.75) is 18.9 Å². The molecule has 1 aromatic heterocycles. The van der Waals surface area contributed by atoms with Gasteiger partial charge in [-0.3, -0.25) is 0 Å². The zero-order valence-electron chi connectivity index (χ0n) is 8.52. The molecule has 0 saturated carbocycles. The molecule has 1 aromatic rings. The van der Waals surface area contributed by atoms with Crippen LogP contribution in [0.5, 0.6) is 0 Å². The Kier molecular flexibility index (Phi) is 4.01. The summed E-state index contributed by atoms with van der Waals surface area (Å²) in [5, 5.41) is 10.2. The Morgan fingerprint density at radius 1 is 1.40 bits per heavy atom. The van der Waals surface area contributed by atoms with E-state index in [2.05, 4.69) is 10.2 Å². The molecule has 1 fully saturated rings. The predicted octanol–water partition coefficient (Wildman–Crippen LogP) is 0.517. The number of nitrogens with zero attached hydrogens (tertiary/aromatic N) is 2. The van der Waals surface area contributed by atoms with Crippen molar-refractivity contribution < 1.29 is 9.47 Å². The number of ether oxygens (including phenoxy) is 2. The molecule has 2 heterocycles. The van der Waals surface area contributed by atoms with E-state index in [1.54, 1.807) is 11.3 Å². The van der Waals surface area contributed by atoms with Gasteiger partial charge >= 0.3 is 0 Å². The number of aromatic nitrogens is 2. The average molecular weight is 229 g/mol. The van der Waals surface area contributed by atoms with E-state index in [4.69, 9.17) is 15.2 Å². The van der Waals surface area contributed by atoms with Crippen LogP contribution < -0.4 is 5.73 Å². The monoisotopic (exact) mass is 229 g/mol. The maximum absolute atomic E-state index is 5.54. The van der Waals surface area contributed by atoms with E-state index in [-0.39, 0.29) is 6.10 Å². The minimum Gasteiger partial charge on any atom is -0.376 e. The molecule has 1 saturated heterocycles. The van der Waals surface area contributed by atoms with Gasteiger partial charge in [0.1, 0.15) is 16.1 Å². The fourth-order valence-corrected chi connectivity index (χ4v) is 2.30. The van der Waals surface area contributed by atoms with Crippen LogP contribution in [0.4, 0.5) is 0 Å². The first-order valence-electron chi connectivity index (χ1n) is 5.12. The molecule has 1 aliphatic rings. The first-order valence-corrected chi connectivity index (χ1v) is 5.93. The van der Waals surface area contributed by atoms with Crippen LogP contribution in [0.15, 0.2) is 0 Å². The highest BCUT2D eigenvalue weighted by Gasteiger charge is 2.20. The summed E-state index contributed by atoms with van der Waals surface area (Å²) in [5.74, 6) is 0. The third kappa shape index (κ3) is 2.94. The number of rotatable bonds is 4. The zero-order valence-corrected chi connectivity index (χ0v) is 9.33. The lowest BCUT2D eigenvalue weighted by Crippen LogP contribution is -2.21. The number of hydrogen-bond acceptors (Lipinski definition) is 6. The van der Waals surface area contributed by atoms with Crippen LogP contribution in [-0.4, -0.2) is 36.6 Å². The van der Waals surface area contributed by atoms with Gasteiger partial charge in [0.2, 0.25) is 0 Å². The van der Waals surface area contributed by atoms with Gasteiger partial charge in [0, 0.05) is 6.42 Å². The minimum atomic E-state index is -0.0251. The number of aryl methyl sites for hydroxylation is 1. The minimum absolute atomic E-state index is 0.0251. The van der Waals surface area contributed by atoms with E-state index in [0.29, 0.717) is 26.4 Å². The molecule has 2 rings (SSSR count). The van der Waals surface area contributed by atoms with Crippen molar-refractivity contribution >= 4 is 11.3 Å². The van der Waals surface area contributed by atoms with Crippen LogP contribution in [0.2, 0.25) is 0 Å². The Morgan fingerprint density at radius 2 is 2.33 bits per heavy atom. The molecule has 0 spiro atoms. The molecule has 0 amide bonds. The second-order valence-electron chi connectivity index (χ2n) is 3.36. The molecule has 0 aliphatic carbocycles. The van der Waals surface area contributed by atoms with E-state index in [1.165, 1.54) is 0 Å². The highest BCUT2D eigenvalue weighted by molar-refractivity contribution is 7.11. The van der Waals surface area contributed by atoms with Gasteiger partial charge in [0.15, 0.2) is 0 Å². The Balaban J connectivity index is 1.93. The third-order valence-electron chi connectivity index (χ3n) is 2.17. The summed E-state index contributed by atoms with van der Waals surface area (Å²) in [6.07, 6.45) is 1.83. The van der Waals surface area contributed by atoms with E-state index in [1.807, 2.05) is 0 Å². The summed E-state index contributed by atoms with van der Waals surface area (Å²) in [6, 6.07) is 0. The van der Waals surface area contributed by atoms with E-state index >= 15 is 0 Å². The first kappa shape index (κ1) is 10.9. The van der Waals surface area contributed by atoms with Crippen LogP contribution >= 0.6 is 11.3 Å². The molecule has 5 nitrogen and oxygen atoms in total. The Hall–Kier alpha value is -0.560. The maximum atomic E-state index is 5.54. The Labute approximate surface area is 92.6 Å². The maximum Gasteiger partial charge on any atom is 0.148 e. The smallest absolute Gasteiger partial charge is 0.148 e. The summed E-state index contributed by atoms with van der Waals surface area (Å²) in [7, 11) is 0. The molecule has 0 aromatic carbocycles. The van der Waals surface area contributed by atoms with Gasteiger partial charge in [-0.1, -0.05) is 11.3 Å². The molecule has 0 bridgehead atoms. The zero-order chi connectivity index (χ0) is 10.5. The van der Waals surface area contributed by atoms with Crippen molar-refractivity contribution in [1.29, 1.82) is 0 Å². The van der Waals surface area contributed by atoms with Gasteiger partial charge in [0.05, 0.1) is 19.8 Å². The highest BCUT2D eigenvalue weighted by atomic mass is 32.1. The van der Waals surface area contributed by atoms with Crippen LogP contribution in [0, 0.1) is 0 Å². The normalized spacial score (nSPS) is 21.8. The molecule has 6 heteroatoms. The van der Waals surface area contributed by atoms with Crippen LogP contribution in [0.3, 0.4) is 0 Å². The van der Waals surface area contributed by atoms with Crippen molar-refractivity contribution in [2.24, 2.45) is 5.73 Å². The summed E-state index contributed by atoms with van der Waals surface area (Å²) in [5.41, 5.74) is 5.44. The lowest BCUT2D eigenvalue weighted by molar-refractivity contribution is -0.0903. The fourth-order valence-electron chi connectivity index (χ4n) is 1.38. The quantitative estimate of drug-likeness (QED) is 0.815. The van der Waals surface area contributed by atoms with Gasteiger partial charge in [-0.2, -0.15) is 0 Å². The molecule has 1 unspecified atom stereocenters. The predicted molar refractivity (Wildman–Crippen MR) is 56.8 cm³/mol. The summed E-state index contributed by atoms with van der Waals surface area (Å²) in [6.45, 7) is 2.60. The highest BCUT2D eigenvalue weighted by Crippen LogP contribution is 2.24. The molecular formula is C9H15N3O2S. The first-order chi connectivity index (χ1) is 7.40. The molecule has 15 heavy (non-hydrogen) atoms. The number of hydrogen-bond donors (Lipinski definition) is 1. The van der Waals surface area contributed by atoms with Gasteiger partial charge in [-0.25, -0.2) is 0 Å². The standard InChI is InChI=1S/C9H15N3O2S/c10-3-1-2-8-11-12-9(15-8)7-6-13-4-5-14-7/h7H,1-6,10H2. The Bertz CT molecular complexity index is 299. The van der Waals surface area contributed by atoms with E-state index in [9.17, 15) is 0 Å². The Morgan fingerprint density at radius 3 is 3.07 bits per heavy atom. The topological polar surface area (TPSA) is 70.3 Å². The van der Waals surface area contributed by atoms with Crippen molar-refractivity contribution in [3.8, 4) is 0 Å². The molecule has 0 radical (unpaired) electrons. The van der Waals surface area contributed by atoms with Crippen molar-refractivity contribution in [1.82, 2.24) is 10.2 Å². The third-order valence-corrected chi connectivity index (χ3v) is 3.24. The molecular weight excluding hydrogens is 214 g/mol. The van der Waals surface area contributed by atoms with E-state index < -0.39 is 0 Å². The second kappa shape index (κ2) is 5.50. The SMILES string of the molecule is NCCCc1nnc(C2COCCO2)s1. The summed E-state index contributed by atoms with van der Waals surface area (Å²) < 4.78 is 10.9. The van der Waals surface area contributed by atoms with Crippen molar-refractivity contribution in [2.75, 3.05) is 26.4 Å². The van der Waals surface area contributed by atoms with Gasteiger partial charge in [-0.05, 0) is 13.0 Å². The van der Waals surface area contributed by atoms with Gasteiger partial charge < -0.3 is 15.2 Å². The molecule has 2 N–H and O–H groups in total. The largest absolute Gasteiger partial charge is 0.376 e. The number of nitrogens with two attached hydrogens (primary N) is 1. The van der Waals surface area contributed by atoms with Gasteiger partial charge in [-0.15, -0.1) is 10.2 Å². The summed E-state index contributed by atoms with van der Waals surface area (Å²) >= 11 is 1.60.